The smallest absolute Gasteiger partial charge is 0.306 e. The van der Waals surface area contributed by atoms with Gasteiger partial charge in [0.25, 0.3) is 0 Å². The second-order valence-electron chi connectivity index (χ2n) is 5.89. The topological polar surface area (TPSA) is 26.3 Å². The number of hydrogen-bond acceptors (Lipinski definition) is 3. The summed E-state index contributed by atoms with van der Waals surface area (Å²) in [6.45, 7) is 2.23. The molecule has 0 aromatic carbocycles. The summed E-state index contributed by atoms with van der Waals surface area (Å²) in [6.07, 6.45) is 8.96. The Labute approximate surface area is 110 Å². The molecule has 0 saturated heterocycles. The molecule has 2 aliphatic carbocycles. The van der Waals surface area contributed by atoms with Crippen LogP contribution in [0.2, 0.25) is 0 Å². The number of hydrogen-bond donors (Lipinski definition) is 1. The Kier molecular flexibility index (Phi) is 4.40. The summed E-state index contributed by atoms with van der Waals surface area (Å²) in [5.74, 6) is 1.60. The highest BCUT2D eigenvalue weighted by atomic mass is 32.1. The first-order valence-corrected chi connectivity index (χ1v) is 7.61. The van der Waals surface area contributed by atoms with Crippen molar-refractivity contribution in [3.8, 4) is 0 Å². The van der Waals surface area contributed by atoms with Crippen LogP contribution in [0.4, 0.5) is 0 Å². The first-order chi connectivity index (χ1) is 8.17. The van der Waals surface area contributed by atoms with E-state index >= 15 is 0 Å². The van der Waals surface area contributed by atoms with Crippen LogP contribution in [0.5, 0.6) is 0 Å². The average Bonchev–Trinajstić information content (AvgIpc) is 3.09. The molecule has 2 unspecified atom stereocenters. The zero-order valence-corrected chi connectivity index (χ0v) is 11.7. The van der Waals surface area contributed by atoms with E-state index in [-0.39, 0.29) is 17.5 Å². The van der Waals surface area contributed by atoms with E-state index in [1.807, 2.05) is 0 Å². The van der Waals surface area contributed by atoms with E-state index < -0.39 is 0 Å². The minimum absolute atomic E-state index is 0.0123. The van der Waals surface area contributed by atoms with Crippen LogP contribution >= 0.6 is 12.6 Å². The second kappa shape index (κ2) is 5.64. The van der Waals surface area contributed by atoms with Gasteiger partial charge in [-0.3, -0.25) is 4.79 Å². The predicted molar refractivity (Wildman–Crippen MR) is 72.3 cm³/mol. The van der Waals surface area contributed by atoms with E-state index in [1.54, 1.807) is 0 Å². The van der Waals surface area contributed by atoms with Crippen LogP contribution in [0.3, 0.4) is 0 Å². The Hall–Kier alpha value is -0.180. The van der Waals surface area contributed by atoms with Gasteiger partial charge >= 0.3 is 5.97 Å². The number of ether oxygens (including phenoxy) is 1. The molecule has 0 amide bonds. The van der Waals surface area contributed by atoms with Gasteiger partial charge in [-0.15, -0.1) is 0 Å². The molecule has 17 heavy (non-hydrogen) atoms. The maximum absolute atomic E-state index is 11.9. The van der Waals surface area contributed by atoms with Crippen LogP contribution < -0.4 is 0 Å². The van der Waals surface area contributed by atoms with Crippen molar-refractivity contribution in [1.82, 2.24) is 0 Å². The zero-order chi connectivity index (χ0) is 12.3. The van der Waals surface area contributed by atoms with Gasteiger partial charge < -0.3 is 4.74 Å². The van der Waals surface area contributed by atoms with Crippen molar-refractivity contribution in [1.29, 1.82) is 0 Å². The number of carbonyl (C=O) groups is 1. The fourth-order valence-electron chi connectivity index (χ4n) is 2.82. The van der Waals surface area contributed by atoms with Gasteiger partial charge in [0.05, 0.1) is 6.42 Å². The average molecular weight is 256 g/mol. The molecule has 2 fully saturated rings. The zero-order valence-electron chi connectivity index (χ0n) is 10.8. The molecule has 2 saturated carbocycles. The van der Waals surface area contributed by atoms with Crippen LogP contribution in [-0.2, 0) is 9.53 Å². The molecule has 0 aromatic rings. The van der Waals surface area contributed by atoms with Crippen molar-refractivity contribution in [3.63, 3.8) is 0 Å². The van der Waals surface area contributed by atoms with Crippen LogP contribution in [-0.4, -0.2) is 17.8 Å². The van der Waals surface area contributed by atoms with E-state index in [4.69, 9.17) is 4.74 Å². The number of thiol groups is 1. The lowest BCUT2D eigenvalue weighted by Crippen LogP contribution is -2.26. The third kappa shape index (κ3) is 3.64. The van der Waals surface area contributed by atoms with Gasteiger partial charge in [-0.05, 0) is 49.2 Å². The van der Waals surface area contributed by atoms with E-state index in [9.17, 15) is 4.79 Å². The van der Waals surface area contributed by atoms with Crippen molar-refractivity contribution in [2.24, 2.45) is 11.3 Å². The summed E-state index contributed by atoms with van der Waals surface area (Å²) >= 11 is 4.33. The summed E-state index contributed by atoms with van der Waals surface area (Å²) in [5.41, 5.74) is 0.193. The highest BCUT2D eigenvalue weighted by Gasteiger charge is 2.43. The van der Waals surface area contributed by atoms with Crippen molar-refractivity contribution >= 4 is 18.6 Å². The molecule has 98 valence electrons. The molecule has 2 rings (SSSR count). The van der Waals surface area contributed by atoms with Gasteiger partial charge in [-0.2, -0.15) is 12.6 Å². The number of carbonyl (C=O) groups excluding carboxylic acids is 1. The minimum atomic E-state index is 0.0123. The SMILES string of the molecule is CCC1CCCC(OC(=O)CC2(CS)CC2)C1. The first-order valence-electron chi connectivity index (χ1n) is 6.98. The van der Waals surface area contributed by atoms with E-state index in [0.717, 1.165) is 37.4 Å². The van der Waals surface area contributed by atoms with Gasteiger partial charge in [0.2, 0.25) is 0 Å². The maximum atomic E-state index is 11.9. The van der Waals surface area contributed by atoms with Crippen LogP contribution in [0.25, 0.3) is 0 Å². The fourth-order valence-corrected chi connectivity index (χ4v) is 3.25. The lowest BCUT2D eigenvalue weighted by molar-refractivity contribution is -0.152. The van der Waals surface area contributed by atoms with Gasteiger partial charge in [-0.1, -0.05) is 19.8 Å². The Morgan fingerprint density at radius 3 is 2.76 bits per heavy atom. The van der Waals surface area contributed by atoms with Crippen molar-refractivity contribution in [2.45, 2.75) is 64.4 Å². The standard InChI is InChI=1S/C14H24O2S/c1-2-11-4-3-5-12(8-11)16-13(15)9-14(10-17)6-7-14/h11-12,17H,2-10H2,1H3. The molecular formula is C14H24O2S. The molecule has 0 heterocycles. The quantitative estimate of drug-likeness (QED) is 0.601. The molecule has 0 spiro atoms. The van der Waals surface area contributed by atoms with Gasteiger partial charge in [0.15, 0.2) is 0 Å². The van der Waals surface area contributed by atoms with Crippen LogP contribution in [0.15, 0.2) is 0 Å². The predicted octanol–water partition coefficient (Wildman–Crippen LogP) is 3.60. The van der Waals surface area contributed by atoms with E-state index in [1.165, 1.54) is 19.3 Å². The van der Waals surface area contributed by atoms with E-state index in [2.05, 4.69) is 19.6 Å². The molecule has 0 radical (unpaired) electrons. The molecule has 2 aliphatic rings. The minimum Gasteiger partial charge on any atom is -0.462 e. The molecule has 2 nitrogen and oxygen atoms in total. The number of rotatable bonds is 5. The third-order valence-corrected chi connectivity index (χ3v) is 5.09. The summed E-state index contributed by atoms with van der Waals surface area (Å²) in [4.78, 5) is 11.9. The van der Waals surface area contributed by atoms with Crippen molar-refractivity contribution < 1.29 is 9.53 Å². The highest BCUT2D eigenvalue weighted by molar-refractivity contribution is 7.80. The maximum Gasteiger partial charge on any atom is 0.306 e. The fraction of sp³-hybridized carbons (Fsp3) is 0.929. The van der Waals surface area contributed by atoms with Gasteiger partial charge in [0.1, 0.15) is 6.10 Å². The van der Waals surface area contributed by atoms with Crippen LogP contribution in [0, 0.1) is 11.3 Å². The number of esters is 1. The highest BCUT2D eigenvalue weighted by Crippen LogP contribution is 2.49. The third-order valence-electron chi connectivity index (χ3n) is 4.42. The molecule has 0 N–H and O–H groups in total. The Morgan fingerprint density at radius 2 is 2.18 bits per heavy atom. The molecule has 0 aliphatic heterocycles. The monoisotopic (exact) mass is 256 g/mol. The first kappa shape index (κ1) is 13.3. The van der Waals surface area contributed by atoms with Crippen molar-refractivity contribution in [2.75, 3.05) is 5.75 Å². The lowest BCUT2D eigenvalue weighted by atomic mass is 9.85. The summed E-state index contributed by atoms with van der Waals surface area (Å²) in [7, 11) is 0. The van der Waals surface area contributed by atoms with Gasteiger partial charge in [0, 0.05) is 0 Å². The van der Waals surface area contributed by atoms with E-state index in [0.29, 0.717) is 6.42 Å². The summed E-state index contributed by atoms with van der Waals surface area (Å²) in [5, 5.41) is 0. The van der Waals surface area contributed by atoms with Gasteiger partial charge in [-0.25, -0.2) is 0 Å². The summed E-state index contributed by atoms with van der Waals surface area (Å²) < 4.78 is 5.63. The van der Waals surface area contributed by atoms with Crippen LogP contribution in [0.1, 0.15) is 58.3 Å². The Morgan fingerprint density at radius 1 is 1.41 bits per heavy atom. The Balaban J connectivity index is 1.74. The molecule has 0 bridgehead atoms. The molecule has 0 aromatic heterocycles. The summed E-state index contributed by atoms with van der Waals surface area (Å²) in [6, 6.07) is 0. The normalized spacial score (nSPS) is 30.9. The lowest BCUT2D eigenvalue weighted by Gasteiger charge is -2.28. The molecule has 3 heteroatoms. The second-order valence-corrected chi connectivity index (χ2v) is 6.20. The Bertz CT molecular complexity index is 273. The molecular weight excluding hydrogens is 232 g/mol. The largest absolute Gasteiger partial charge is 0.462 e. The molecule has 2 atom stereocenters. The van der Waals surface area contributed by atoms with Crippen molar-refractivity contribution in [3.05, 3.63) is 0 Å².